The van der Waals surface area contributed by atoms with Crippen LogP contribution >= 0.6 is 11.8 Å². The molecule has 1 aromatic carbocycles. The first-order chi connectivity index (χ1) is 10.2. The molecule has 1 N–H and O–H groups in total. The van der Waals surface area contributed by atoms with Crippen LogP contribution in [0.1, 0.15) is 25.3 Å². The lowest BCUT2D eigenvalue weighted by molar-refractivity contribution is 0.0808. The first-order valence-corrected chi connectivity index (χ1v) is 9.62. The minimum Gasteiger partial charge on any atom is -0.308 e. The van der Waals surface area contributed by atoms with Crippen LogP contribution in [0.5, 0.6) is 0 Å². The van der Waals surface area contributed by atoms with Gasteiger partial charge in [0.1, 0.15) is 0 Å². The van der Waals surface area contributed by atoms with Gasteiger partial charge in [-0.25, -0.2) is 0 Å². The fourth-order valence-electron chi connectivity index (χ4n) is 3.64. The maximum atomic E-state index is 3.89. The van der Waals surface area contributed by atoms with Crippen LogP contribution in [0.15, 0.2) is 30.3 Å². The van der Waals surface area contributed by atoms with Crippen molar-refractivity contribution in [1.29, 1.82) is 0 Å². The molecule has 2 unspecified atom stereocenters. The quantitative estimate of drug-likeness (QED) is 0.869. The van der Waals surface area contributed by atoms with E-state index in [2.05, 4.69) is 53.7 Å². The average Bonchev–Trinajstić information content (AvgIpc) is 3.34. The highest BCUT2D eigenvalue weighted by atomic mass is 32.2. The van der Waals surface area contributed by atoms with E-state index in [0.717, 1.165) is 12.5 Å². The summed E-state index contributed by atoms with van der Waals surface area (Å²) in [5, 5.41) is 3.89. The summed E-state index contributed by atoms with van der Waals surface area (Å²) >= 11 is 1.97. The number of benzene rings is 1. The Hall–Kier alpha value is -0.510. The zero-order chi connectivity index (χ0) is 14.7. The topological polar surface area (TPSA) is 15.3 Å². The molecule has 0 radical (unpaired) electrons. The minimum atomic E-state index is 0.353. The first kappa shape index (κ1) is 15.4. The fraction of sp³-hybridized carbons (Fsp3) is 0.667. The van der Waals surface area contributed by atoms with Crippen LogP contribution in [0.2, 0.25) is 0 Å². The molecule has 1 aromatic rings. The summed E-state index contributed by atoms with van der Waals surface area (Å²) in [5.74, 6) is 2.15. The van der Waals surface area contributed by atoms with E-state index in [4.69, 9.17) is 0 Å². The van der Waals surface area contributed by atoms with Crippen molar-refractivity contribution in [3.05, 3.63) is 35.9 Å². The Morgan fingerprint density at radius 3 is 2.71 bits per heavy atom. The number of rotatable bonds is 6. The highest BCUT2D eigenvalue weighted by Gasteiger charge is 2.45. The highest BCUT2D eigenvalue weighted by Crippen LogP contribution is 2.41. The second kappa shape index (κ2) is 6.72. The van der Waals surface area contributed by atoms with Crippen molar-refractivity contribution in [2.75, 3.05) is 31.6 Å². The Kier molecular flexibility index (Phi) is 4.92. The van der Waals surface area contributed by atoms with Gasteiger partial charge in [-0.3, -0.25) is 4.90 Å². The molecule has 0 bridgehead atoms. The van der Waals surface area contributed by atoms with Gasteiger partial charge in [0.05, 0.1) is 0 Å². The molecule has 2 fully saturated rings. The molecule has 0 aromatic heterocycles. The van der Waals surface area contributed by atoms with E-state index in [0.29, 0.717) is 11.6 Å². The van der Waals surface area contributed by atoms with E-state index in [1.165, 1.54) is 43.7 Å². The fourth-order valence-corrected chi connectivity index (χ4v) is 4.06. The molecule has 3 rings (SSSR count). The van der Waals surface area contributed by atoms with Gasteiger partial charge in [0.15, 0.2) is 0 Å². The summed E-state index contributed by atoms with van der Waals surface area (Å²) in [6, 6.07) is 11.6. The molecule has 2 atom stereocenters. The lowest BCUT2D eigenvalue weighted by Crippen LogP contribution is -2.64. The number of thioether (sulfide) groups is 1. The Labute approximate surface area is 133 Å². The summed E-state index contributed by atoms with van der Waals surface area (Å²) in [7, 11) is 0. The smallest absolute Gasteiger partial charge is 0.0309 e. The SMILES string of the molecule is CSCCN1CC(C)(C2CC2)NCC1Cc1ccccc1. The molecular formula is C18H28N2S. The Morgan fingerprint density at radius 1 is 1.29 bits per heavy atom. The van der Waals surface area contributed by atoms with Gasteiger partial charge < -0.3 is 5.32 Å². The van der Waals surface area contributed by atoms with E-state index in [-0.39, 0.29) is 0 Å². The van der Waals surface area contributed by atoms with E-state index in [1.807, 2.05) is 11.8 Å². The zero-order valence-electron chi connectivity index (χ0n) is 13.3. The van der Waals surface area contributed by atoms with Gasteiger partial charge in [0.25, 0.3) is 0 Å². The van der Waals surface area contributed by atoms with Crippen LogP contribution in [-0.2, 0) is 6.42 Å². The predicted molar refractivity (Wildman–Crippen MR) is 93.0 cm³/mol. The van der Waals surface area contributed by atoms with Gasteiger partial charge in [0, 0.05) is 37.0 Å². The van der Waals surface area contributed by atoms with E-state index >= 15 is 0 Å². The lowest BCUT2D eigenvalue weighted by Gasteiger charge is -2.47. The third kappa shape index (κ3) is 3.82. The van der Waals surface area contributed by atoms with Crippen molar-refractivity contribution in [2.45, 2.75) is 37.8 Å². The number of hydrogen-bond donors (Lipinski definition) is 1. The van der Waals surface area contributed by atoms with Crippen molar-refractivity contribution in [3.63, 3.8) is 0 Å². The Balaban J connectivity index is 1.66. The largest absolute Gasteiger partial charge is 0.308 e. The van der Waals surface area contributed by atoms with Crippen molar-refractivity contribution in [3.8, 4) is 0 Å². The second-order valence-corrected chi connectivity index (χ2v) is 7.87. The molecule has 21 heavy (non-hydrogen) atoms. The van der Waals surface area contributed by atoms with Crippen LogP contribution in [0.3, 0.4) is 0 Å². The summed E-state index contributed by atoms with van der Waals surface area (Å²) in [5.41, 5.74) is 1.82. The summed E-state index contributed by atoms with van der Waals surface area (Å²) < 4.78 is 0. The summed E-state index contributed by atoms with van der Waals surface area (Å²) in [6.45, 7) is 6.02. The molecule has 1 saturated heterocycles. The van der Waals surface area contributed by atoms with Crippen LogP contribution in [0.25, 0.3) is 0 Å². The van der Waals surface area contributed by atoms with Gasteiger partial charge in [-0.1, -0.05) is 30.3 Å². The van der Waals surface area contributed by atoms with Gasteiger partial charge in [-0.15, -0.1) is 0 Å². The van der Waals surface area contributed by atoms with E-state index in [1.54, 1.807) is 0 Å². The van der Waals surface area contributed by atoms with Crippen molar-refractivity contribution in [2.24, 2.45) is 5.92 Å². The number of piperazine rings is 1. The number of nitrogens with zero attached hydrogens (tertiary/aromatic N) is 1. The normalized spacial score (nSPS) is 30.5. The molecule has 1 heterocycles. The summed E-state index contributed by atoms with van der Waals surface area (Å²) in [4.78, 5) is 2.75. The molecule has 2 nitrogen and oxygen atoms in total. The third-order valence-electron chi connectivity index (χ3n) is 5.16. The molecule has 1 aliphatic carbocycles. The van der Waals surface area contributed by atoms with Gasteiger partial charge >= 0.3 is 0 Å². The second-order valence-electron chi connectivity index (χ2n) is 6.88. The average molecular weight is 305 g/mol. The number of hydrogen-bond acceptors (Lipinski definition) is 3. The minimum absolute atomic E-state index is 0.353. The molecule has 0 spiro atoms. The zero-order valence-corrected chi connectivity index (χ0v) is 14.2. The lowest BCUT2D eigenvalue weighted by atomic mass is 9.89. The van der Waals surface area contributed by atoms with E-state index in [9.17, 15) is 0 Å². The molecular weight excluding hydrogens is 276 g/mol. The maximum absolute atomic E-state index is 3.89. The van der Waals surface area contributed by atoms with E-state index < -0.39 is 0 Å². The van der Waals surface area contributed by atoms with Gasteiger partial charge in [0.2, 0.25) is 0 Å². The van der Waals surface area contributed by atoms with Crippen LogP contribution in [0.4, 0.5) is 0 Å². The van der Waals surface area contributed by atoms with Gasteiger partial charge in [-0.05, 0) is 43.9 Å². The van der Waals surface area contributed by atoms with Crippen LogP contribution in [0, 0.1) is 5.92 Å². The molecule has 116 valence electrons. The molecule has 1 saturated carbocycles. The first-order valence-electron chi connectivity index (χ1n) is 8.23. The van der Waals surface area contributed by atoms with Crippen LogP contribution < -0.4 is 5.32 Å². The molecule has 3 heteroatoms. The highest BCUT2D eigenvalue weighted by molar-refractivity contribution is 7.98. The summed E-state index contributed by atoms with van der Waals surface area (Å²) in [6.07, 6.45) is 6.23. The molecule has 0 amide bonds. The molecule has 1 aliphatic heterocycles. The maximum Gasteiger partial charge on any atom is 0.0309 e. The van der Waals surface area contributed by atoms with Crippen molar-refractivity contribution < 1.29 is 0 Å². The Morgan fingerprint density at radius 2 is 2.05 bits per heavy atom. The number of nitrogens with one attached hydrogen (secondary N) is 1. The van der Waals surface area contributed by atoms with Crippen molar-refractivity contribution >= 4 is 11.8 Å². The predicted octanol–water partition coefficient (Wildman–Crippen LogP) is 3.03. The van der Waals surface area contributed by atoms with Crippen molar-refractivity contribution in [1.82, 2.24) is 10.2 Å². The molecule has 2 aliphatic rings. The van der Waals surface area contributed by atoms with Crippen LogP contribution in [-0.4, -0.2) is 48.1 Å². The van der Waals surface area contributed by atoms with Gasteiger partial charge in [-0.2, -0.15) is 11.8 Å². The Bertz CT molecular complexity index is 446. The third-order valence-corrected chi connectivity index (χ3v) is 5.76. The standard InChI is InChI=1S/C18H28N2S/c1-18(16-8-9-16)14-20(10-11-21-2)17(13-19-18)12-15-6-4-3-5-7-15/h3-7,16-17,19H,8-14H2,1-2H3. The monoisotopic (exact) mass is 304 g/mol.